The SMILES string of the molecule is Cc1ccccc1N(c1ccc(C=CC=Cc2ccccc2)cc1)c1ccc(C=CC=Cc2ccccc2)cc1. The second-order valence-electron chi connectivity index (χ2n) is 9.56. The largest absolute Gasteiger partial charge is 0.310 e. The average Bonchev–Trinajstić information content (AvgIpc) is 3.01. The number of rotatable bonds is 9. The predicted molar refractivity (Wildman–Crippen MR) is 175 cm³/mol. The number of hydrogen-bond acceptors (Lipinski definition) is 1. The van der Waals surface area contributed by atoms with Crippen LogP contribution in [0.25, 0.3) is 24.3 Å². The summed E-state index contributed by atoms with van der Waals surface area (Å²) < 4.78 is 0. The topological polar surface area (TPSA) is 3.24 Å². The Morgan fingerprint density at radius 2 is 0.725 bits per heavy atom. The molecule has 0 radical (unpaired) electrons. The summed E-state index contributed by atoms with van der Waals surface area (Å²) in [7, 11) is 0. The third kappa shape index (κ3) is 7.24. The maximum atomic E-state index is 2.32. The van der Waals surface area contributed by atoms with Gasteiger partial charge in [0.05, 0.1) is 0 Å². The lowest BCUT2D eigenvalue weighted by Crippen LogP contribution is -2.11. The minimum absolute atomic E-state index is 1.13. The second-order valence-corrected chi connectivity index (χ2v) is 9.56. The Hall–Kier alpha value is -5.14. The first kappa shape index (κ1) is 26.5. The highest BCUT2D eigenvalue weighted by Gasteiger charge is 2.14. The zero-order chi connectivity index (χ0) is 27.4. The van der Waals surface area contributed by atoms with Gasteiger partial charge in [-0.15, -0.1) is 0 Å². The Kier molecular flexibility index (Phi) is 8.99. The first-order valence-corrected chi connectivity index (χ1v) is 13.6. The molecule has 0 aliphatic heterocycles. The molecule has 0 amide bonds. The van der Waals surface area contributed by atoms with Crippen molar-refractivity contribution in [1.82, 2.24) is 0 Å². The zero-order valence-corrected chi connectivity index (χ0v) is 22.8. The molecule has 5 aromatic carbocycles. The molecule has 0 aliphatic rings. The van der Waals surface area contributed by atoms with Crippen molar-refractivity contribution in [2.24, 2.45) is 0 Å². The Labute approximate surface area is 238 Å². The van der Waals surface area contributed by atoms with E-state index in [1.165, 1.54) is 22.4 Å². The fourth-order valence-corrected chi connectivity index (χ4v) is 4.51. The highest BCUT2D eigenvalue weighted by molar-refractivity contribution is 5.79. The molecule has 5 aromatic rings. The van der Waals surface area contributed by atoms with Crippen LogP contribution in [0.4, 0.5) is 17.1 Å². The Morgan fingerprint density at radius 1 is 0.375 bits per heavy atom. The zero-order valence-electron chi connectivity index (χ0n) is 22.8. The number of para-hydroxylation sites is 1. The molecule has 0 aliphatic carbocycles. The maximum Gasteiger partial charge on any atom is 0.0490 e. The molecule has 0 spiro atoms. The normalized spacial score (nSPS) is 11.7. The van der Waals surface area contributed by atoms with Gasteiger partial charge < -0.3 is 4.90 Å². The molecule has 0 N–H and O–H groups in total. The van der Waals surface area contributed by atoms with Crippen LogP contribution in [-0.4, -0.2) is 0 Å². The summed E-state index contributed by atoms with van der Waals surface area (Å²) in [6, 6.07) is 46.7. The van der Waals surface area contributed by atoms with Crippen molar-refractivity contribution >= 4 is 41.4 Å². The first-order chi connectivity index (χ1) is 19.8. The third-order valence-electron chi connectivity index (χ3n) is 6.63. The van der Waals surface area contributed by atoms with E-state index in [0.29, 0.717) is 0 Å². The van der Waals surface area contributed by atoms with E-state index in [0.717, 1.165) is 22.5 Å². The monoisotopic (exact) mass is 515 g/mol. The van der Waals surface area contributed by atoms with Crippen molar-refractivity contribution in [3.05, 3.63) is 186 Å². The summed E-state index contributed by atoms with van der Waals surface area (Å²) in [5.41, 5.74) is 9.37. The fraction of sp³-hybridized carbons (Fsp3) is 0.0256. The van der Waals surface area contributed by atoms with Gasteiger partial charge in [-0.3, -0.25) is 0 Å². The van der Waals surface area contributed by atoms with Crippen LogP contribution in [-0.2, 0) is 0 Å². The van der Waals surface area contributed by atoms with Gasteiger partial charge in [-0.2, -0.15) is 0 Å². The van der Waals surface area contributed by atoms with Crippen LogP contribution in [0.15, 0.2) is 158 Å². The number of benzene rings is 5. The number of hydrogen-bond donors (Lipinski definition) is 0. The smallest absolute Gasteiger partial charge is 0.0490 e. The van der Waals surface area contributed by atoms with Crippen molar-refractivity contribution in [2.75, 3.05) is 4.90 Å². The van der Waals surface area contributed by atoms with Crippen molar-refractivity contribution in [2.45, 2.75) is 6.92 Å². The first-order valence-electron chi connectivity index (χ1n) is 13.6. The number of aryl methyl sites for hydroxylation is 1. The summed E-state index contributed by atoms with van der Waals surface area (Å²) in [5.74, 6) is 0. The van der Waals surface area contributed by atoms with Crippen LogP contribution >= 0.6 is 0 Å². The fourth-order valence-electron chi connectivity index (χ4n) is 4.51. The Bertz CT molecular complexity index is 1500. The van der Waals surface area contributed by atoms with E-state index < -0.39 is 0 Å². The van der Waals surface area contributed by atoms with Gasteiger partial charge in [0.25, 0.3) is 0 Å². The van der Waals surface area contributed by atoms with E-state index >= 15 is 0 Å². The summed E-state index contributed by atoms with van der Waals surface area (Å²) in [6.45, 7) is 2.16. The molecule has 0 saturated carbocycles. The van der Waals surface area contributed by atoms with E-state index in [1.54, 1.807) is 0 Å². The van der Waals surface area contributed by atoms with Crippen LogP contribution < -0.4 is 4.90 Å². The molecule has 0 unspecified atom stereocenters. The van der Waals surface area contributed by atoms with Crippen molar-refractivity contribution in [1.29, 1.82) is 0 Å². The van der Waals surface area contributed by atoms with Gasteiger partial charge in [0.15, 0.2) is 0 Å². The molecule has 40 heavy (non-hydrogen) atoms. The van der Waals surface area contributed by atoms with Crippen molar-refractivity contribution in [3.8, 4) is 0 Å². The molecule has 1 heteroatoms. The molecule has 0 saturated heterocycles. The quantitative estimate of drug-likeness (QED) is 0.176. The van der Waals surface area contributed by atoms with E-state index in [9.17, 15) is 0 Å². The molecule has 5 rings (SSSR count). The number of allylic oxidation sites excluding steroid dienone is 4. The van der Waals surface area contributed by atoms with Crippen LogP contribution in [0, 0.1) is 6.92 Å². The molecular weight excluding hydrogens is 482 g/mol. The van der Waals surface area contributed by atoms with E-state index in [-0.39, 0.29) is 0 Å². The summed E-state index contributed by atoms with van der Waals surface area (Å²) in [5, 5.41) is 0. The molecule has 0 atom stereocenters. The molecule has 0 bridgehead atoms. The standard InChI is InChI=1S/C39H33N/c1-32-14-8-13-23-39(32)40(37-28-24-35(25-29-37)21-11-9-19-33-15-4-2-5-16-33)38-30-26-36(27-31-38)22-12-10-20-34-17-6-3-7-18-34/h2-31H,1H3. The maximum absolute atomic E-state index is 2.32. The van der Waals surface area contributed by atoms with Gasteiger partial charge >= 0.3 is 0 Å². The second kappa shape index (κ2) is 13.6. The van der Waals surface area contributed by atoms with Gasteiger partial charge in [0.2, 0.25) is 0 Å². The van der Waals surface area contributed by atoms with Crippen molar-refractivity contribution in [3.63, 3.8) is 0 Å². The molecule has 0 heterocycles. The molecule has 1 nitrogen and oxygen atoms in total. The summed E-state index contributed by atoms with van der Waals surface area (Å²) in [6.07, 6.45) is 16.8. The summed E-state index contributed by atoms with van der Waals surface area (Å²) >= 11 is 0. The van der Waals surface area contributed by atoms with Crippen LogP contribution in [0.1, 0.15) is 27.8 Å². The Balaban J connectivity index is 1.34. The van der Waals surface area contributed by atoms with E-state index in [2.05, 4.69) is 182 Å². The van der Waals surface area contributed by atoms with Crippen LogP contribution in [0.5, 0.6) is 0 Å². The van der Waals surface area contributed by atoms with Gasteiger partial charge in [0.1, 0.15) is 0 Å². The predicted octanol–water partition coefficient (Wildman–Crippen LogP) is 10.9. The van der Waals surface area contributed by atoms with Gasteiger partial charge in [0, 0.05) is 17.1 Å². The molecule has 0 fully saturated rings. The lowest BCUT2D eigenvalue weighted by molar-refractivity contribution is 1.25. The minimum atomic E-state index is 1.13. The molecule has 194 valence electrons. The lowest BCUT2D eigenvalue weighted by Gasteiger charge is -2.27. The van der Waals surface area contributed by atoms with Gasteiger partial charge in [-0.25, -0.2) is 0 Å². The van der Waals surface area contributed by atoms with Gasteiger partial charge in [-0.1, -0.05) is 152 Å². The highest BCUT2D eigenvalue weighted by atomic mass is 15.1. The van der Waals surface area contributed by atoms with Gasteiger partial charge in [-0.05, 0) is 65.1 Å². The van der Waals surface area contributed by atoms with E-state index in [4.69, 9.17) is 0 Å². The van der Waals surface area contributed by atoms with Crippen LogP contribution in [0.2, 0.25) is 0 Å². The average molecular weight is 516 g/mol. The number of nitrogens with zero attached hydrogens (tertiary/aromatic N) is 1. The van der Waals surface area contributed by atoms with Crippen molar-refractivity contribution < 1.29 is 0 Å². The minimum Gasteiger partial charge on any atom is -0.310 e. The van der Waals surface area contributed by atoms with Crippen LogP contribution in [0.3, 0.4) is 0 Å². The summed E-state index contributed by atoms with van der Waals surface area (Å²) in [4.78, 5) is 2.32. The highest BCUT2D eigenvalue weighted by Crippen LogP contribution is 2.36. The third-order valence-corrected chi connectivity index (χ3v) is 6.63. The Morgan fingerprint density at radius 3 is 1.12 bits per heavy atom. The van der Waals surface area contributed by atoms with E-state index in [1.807, 2.05) is 12.1 Å². The molecule has 0 aromatic heterocycles. The number of anilines is 3. The lowest BCUT2D eigenvalue weighted by atomic mass is 10.1. The molecular formula is C39H33N.